The first kappa shape index (κ1) is 17.7. The fraction of sp³-hybridized carbons (Fsp3) is 0.118. The van der Waals surface area contributed by atoms with Crippen LogP contribution >= 0.6 is 0 Å². The maximum Gasteiger partial charge on any atom is 0.261 e. The Balaban J connectivity index is 1.79. The van der Waals surface area contributed by atoms with E-state index in [0.717, 1.165) is 16.9 Å². The van der Waals surface area contributed by atoms with E-state index in [0.29, 0.717) is 11.2 Å². The Morgan fingerprint density at radius 2 is 1.88 bits per heavy atom. The summed E-state index contributed by atoms with van der Waals surface area (Å²) in [6.45, 7) is -0.313. The molecule has 2 aromatic carbocycles. The number of benzene rings is 2. The maximum atomic E-state index is 13.3. The van der Waals surface area contributed by atoms with Crippen LogP contribution in [0, 0.1) is 5.82 Å². The first-order valence-electron chi connectivity index (χ1n) is 7.49. The lowest BCUT2D eigenvalue weighted by atomic mass is 10.2. The van der Waals surface area contributed by atoms with Crippen molar-refractivity contribution in [2.24, 2.45) is 0 Å². The lowest BCUT2D eigenvalue weighted by molar-refractivity contribution is -0.116. The molecular formula is C17H14FN3O4S. The van der Waals surface area contributed by atoms with Crippen molar-refractivity contribution in [1.29, 1.82) is 0 Å². The number of aromatic nitrogens is 2. The van der Waals surface area contributed by atoms with Gasteiger partial charge in [-0.15, -0.1) is 0 Å². The van der Waals surface area contributed by atoms with E-state index in [9.17, 15) is 22.4 Å². The molecule has 0 unspecified atom stereocenters. The fourth-order valence-electron chi connectivity index (χ4n) is 2.38. The SMILES string of the molecule is CS(=O)(=O)c1ccc(NC(=O)Cn2cnc3ccc(F)cc3c2=O)cc1. The summed E-state index contributed by atoms with van der Waals surface area (Å²) in [6.07, 6.45) is 2.30. The van der Waals surface area contributed by atoms with Crippen LogP contribution in [0.5, 0.6) is 0 Å². The van der Waals surface area contributed by atoms with Gasteiger partial charge in [0.05, 0.1) is 22.1 Å². The lowest BCUT2D eigenvalue weighted by Gasteiger charge is -2.08. The molecule has 26 heavy (non-hydrogen) atoms. The molecule has 3 rings (SSSR count). The molecule has 7 nitrogen and oxygen atoms in total. The number of hydrogen-bond donors (Lipinski definition) is 1. The van der Waals surface area contributed by atoms with Crippen molar-refractivity contribution in [2.75, 3.05) is 11.6 Å². The predicted molar refractivity (Wildman–Crippen MR) is 94.1 cm³/mol. The molecule has 0 fully saturated rings. The molecule has 134 valence electrons. The summed E-state index contributed by atoms with van der Waals surface area (Å²) in [7, 11) is -3.32. The molecule has 0 radical (unpaired) electrons. The molecule has 9 heteroatoms. The van der Waals surface area contributed by atoms with Gasteiger partial charge in [0, 0.05) is 11.9 Å². The van der Waals surface area contributed by atoms with Crippen molar-refractivity contribution in [3.63, 3.8) is 0 Å². The second kappa shape index (κ2) is 6.68. The molecule has 0 bridgehead atoms. The normalized spacial score (nSPS) is 11.5. The van der Waals surface area contributed by atoms with Crippen molar-refractivity contribution >= 4 is 32.3 Å². The standard InChI is InChI=1S/C17H14FN3O4S/c1-26(24,25)13-5-3-12(4-6-13)20-16(22)9-21-10-19-15-7-2-11(18)8-14(15)17(21)23/h2-8,10H,9H2,1H3,(H,20,22). The van der Waals surface area contributed by atoms with Crippen LogP contribution in [-0.4, -0.2) is 30.1 Å². The minimum atomic E-state index is -3.32. The number of carbonyl (C=O) groups is 1. The summed E-state index contributed by atoms with van der Waals surface area (Å²) in [5.41, 5.74) is 0.191. The topological polar surface area (TPSA) is 98.1 Å². The van der Waals surface area contributed by atoms with Crippen LogP contribution in [0.2, 0.25) is 0 Å². The van der Waals surface area contributed by atoms with E-state index < -0.39 is 27.1 Å². The van der Waals surface area contributed by atoms with Gasteiger partial charge in [-0.3, -0.25) is 14.2 Å². The second-order valence-corrected chi connectivity index (χ2v) is 7.70. The van der Waals surface area contributed by atoms with E-state index in [2.05, 4.69) is 10.3 Å². The summed E-state index contributed by atoms with van der Waals surface area (Å²) in [5.74, 6) is -1.07. The number of hydrogen-bond acceptors (Lipinski definition) is 5. The zero-order valence-electron chi connectivity index (χ0n) is 13.6. The Kier molecular flexibility index (Phi) is 4.56. The van der Waals surface area contributed by atoms with Gasteiger partial charge in [0.15, 0.2) is 9.84 Å². The monoisotopic (exact) mass is 375 g/mol. The second-order valence-electron chi connectivity index (χ2n) is 5.68. The molecule has 0 spiro atoms. The van der Waals surface area contributed by atoms with Crippen LogP contribution in [0.25, 0.3) is 10.9 Å². The number of fused-ring (bicyclic) bond motifs is 1. The van der Waals surface area contributed by atoms with E-state index in [1.807, 2.05) is 0 Å². The van der Waals surface area contributed by atoms with Gasteiger partial charge in [-0.25, -0.2) is 17.8 Å². The van der Waals surface area contributed by atoms with E-state index in [1.165, 1.54) is 42.7 Å². The van der Waals surface area contributed by atoms with Crippen molar-refractivity contribution < 1.29 is 17.6 Å². The van der Waals surface area contributed by atoms with E-state index in [4.69, 9.17) is 0 Å². The number of amides is 1. The van der Waals surface area contributed by atoms with Gasteiger partial charge in [-0.1, -0.05) is 0 Å². The van der Waals surface area contributed by atoms with E-state index in [1.54, 1.807) is 0 Å². The molecule has 3 aromatic rings. The Morgan fingerprint density at radius 3 is 2.54 bits per heavy atom. The van der Waals surface area contributed by atoms with Gasteiger partial charge < -0.3 is 5.32 Å². The summed E-state index contributed by atoms with van der Waals surface area (Å²) < 4.78 is 37.2. The summed E-state index contributed by atoms with van der Waals surface area (Å²) in [5, 5.41) is 2.64. The van der Waals surface area contributed by atoms with Crippen LogP contribution in [0.15, 0.2) is 58.5 Å². The highest BCUT2D eigenvalue weighted by atomic mass is 32.2. The van der Waals surface area contributed by atoms with Crippen molar-refractivity contribution in [1.82, 2.24) is 9.55 Å². The predicted octanol–water partition coefficient (Wildman–Crippen LogP) is 1.58. The molecule has 1 amide bonds. The van der Waals surface area contributed by atoms with Crippen molar-refractivity contribution in [3.05, 3.63) is 65.0 Å². The zero-order chi connectivity index (χ0) is 18.9. The van der Waals surface area contributed by atoms with Crippen LogP contribution in [0.1, 0.15) is 0 Å². The zero-order valence-corrected chi connectivity index (χ0v) is 14.5. The number of carbonyl (C=O) groups excluding carboxylic acids is 1. The quantitative estimate of drug-likeness (QED) is 0.747. The Bertz CT molecular complexity index is 1150. The molecule has 1 heterocycles. The maximum absolute atomic E-state index is 13.3. The van der Waals surface area contributed by atoms with Crippen molar-refractivity contribution in [2.45, 2.75) is 11.4 Å². The molecule has 0 aliphatic rings. The minimum absolute atomic E-state index is 0.0813. The third-order valence-corrected chi connectivity index (χ3v) is 4.79. The Labute approximate surface area is 148 Å². The molecule has 0 aliphatic carbocycles. The minimum Gasteiger partial charge on any atom is -0.325 e. The number of nitrogens with one attached hydrogen (secondary N) is 1. The highest BCUT2D eigenvalue weighted by molar-refractivity contribution is 7.90. The highest BCUT2D eigenvalue weighted by Crippen LogP contribution is 2.14. The van der Waals surface area contributed by atoms with Gasteiger partial charge in [-0.05, 0) is 42.5 Å². The van der Waals surface area contributed by atoms with E-state index in [-0.39, 0.29) is 16.8 Å². The van der Waals surface area contributed by atoms with Crippen LogP contribution in [0.4, 0.5) is 10.1 Å². The lowest BCUT2D eigenvalue weighted by Crippen LogP contribution is -2.28. The van der Waals surface area contributed by atoms with Gasteiger partial charge in [0.2, 0.25) is 5.91 Å². The molecule has 0 saturated heterocycles. The third kappa shape index (κ3) is 3.77. The van der Waals surface area contributed by atoms with Gasteiger partial charge in [0.25, 0.3) is 5.56 Å². The van der Waals surface area contributed by atoms with Crippen LogP contribution < -0.4 is 10.9 Å². The molecule has 0 atom stereocenters. The Hall–Kier alpha value is -3.07. The smallest absolute Gasteiger partial charge is 0.261 e. The third-order valence-electron chi connectivity index (χ3n) is 3.67. The molecule has 0 aliphatic heterocycles. The highest BCUT2D eigenvalue weighted by Gasteiger charge is 2.10. The molecular weight excluding hydrogens is 361 g/mol. The fourth-order valence-corrected chi connectivity index (χ4v) is 3.01. The van der Waals surface area contributed by atoms with Gasteiger partial charge in [-0.2, -0.15) is 0 Å². The Morgan fingerprint density at radius 1 is 1.19 bits per heavy atom. The largest absolute Gasteiger partial charge is 0.325 e. The van der Waals surface area contributed by atoms with Crippen LogP contribution in [0.3, 0.4) is 0 Å². The van der Waals surface area contributed by atoms with Crippen LogP contribution in [-0.2, 0) is 21.2 Å². The van der Waals surface area contributed by atoms with Gasteiger partial charge in [0.1, 0.15) is 12.4 Å². The summed E-state index contributed by atoms with van der Waals surface area (Å²) in [4.78, 5) is 28.6. The molecule has 1 aromatic heterocycles. The first-order chi connectivity index (χ1) is 12.2. The average Bonchev–Trinajstić information content (AvgIpc) is 2.57. The number of anilines is 1. The number of halogens is 1. The number of rotatable bonds is 4. The van der Waals surface area contributed by atoms with Crippen molar-refractivity contribution in [3.8, 4) is 0 Å². The number of nitrogens with zero attached hydrogens (tertiary/aromatic N) is 2. The first-order valence-corrected chi connectivity index (χ1v) is 9.38. The molecule has 0 saturated carbocycles. The average molecular weight is 375 g/mol. The van der Waals surface area contributed by atoms with E-state index >= 15 is 0 Å². The number of sulfone groups is 1. The summed E-state index contributed by atoms with van der Waals surface area (Å²) >= 11 is 0. The summed E-state index contributed by atoms with van der Waals surface area (Å²) in [6, 6.07) is 9.31. The van der Waals surface area contributed by atoms with Gasteiger partial charge >= 0.3 is 0 Å². The molecule has 1 N–H and O–H groups in total.